The third-order valence-electron chi connectivity index (χ3n) is 4.47. The van der Waals surface area contributed by atoms with Crippen molar-refractivity contribution >= 4 is 28.1 Å². The Morgan fingerprint density at radius 2 is 2.03 bits per heavy atom. The number of nitro benzene ring substituents is 1. The first-order valence-electron chi connectivity index (χ1n) is 9.09. The number of rotatable bonds is 6. The van der Waals surface area contributed by atoms with Crippen molar-refractivity contribution in [1.29, 1.82) is 0 Å². The summed E-state index contributed by atoms with van der Waals surface area (Å²) >= 11 is 1.27. The van der Waals surface area contributed by atoms with Gasteiger partial charge in [-0.3, -0.25) is 14.9 Å². The normalized spacial score (nSPS) is 10.7. The molecule has 2 aromatic heterocycles. The van der Waals surface area contributed by atoms with Crippen LogP contribution >= 0.6 is 11.3 Å². The number of anilines is 1. The fraction of sp³-hybridized carbons (Fsp3) is 0.0952. The number of thiazole rings is 1. The second kappa shape index (κ2) is 8.26. The van der Waals surface area contributed by atoms with Crippen LogP contribution in [0.1, 0.15) is 11.1 Å². The zero-order chi connectivity index (χ0) is 21.1. The lowest BCUT2D eigenvalue weighted by molar-refractivity contribution is -0.385. The number of nitrogens with one attached hydrogen (secondary N) is 1. The Bertz CT molecular complexity index is 1220. The Balaban J connectivity index is 1.43. The highest BCUT2D eigenvalue weighted by molar-refractivity contribution is 7.14. The van der Waals surface area contributed by atoms with Crippen LogP contribution in [0.25, 0.3) is 16.9 Å². The summed E-state index contributed by atoms with van der Waals surface area (Å²) in [5.41, 5.74) is 3.54. The SMILES string of the molecule is Cc1ccc(-c2csc(NC(=O)Cc3cnn(-c4ccccc4)c3)n2)cc1[N+](=O)[O-]. The second-order valence-electron chi connectivity index (χ2n) is 6.65. The number of hydrogen-bond acceptors (Lipinski definition) is 6. The number of hydrogen-bond donors (Lipinski definition) is 1. The minimum Gasteiger partial charge on any atom is -0.302 e. The highest BCUT2D eigenvalue weighted by atomic mass is 32.1. The number of nitro groups is 1. The quantitative estimate of drug-likeness (QED) is 0.369. The van der Waals surface area contributed by atoms with Crippen molar-refractivity contribution in [1.82, 2.24) is 14.8 Å². The molecule has 0 aliphatic heterocycles. The summed E-state index contributed by atoms with van der Waals surface area (Å²) in [5.74, 6) is -0.210. The van der Waals surface area contributed by atoms with Crippen LogP contribution in [0.15, 0.2) is 66.3 Å². The van der Waals surface area contributed by atoms with E-state index < -0.39 is 4.92 Å². The number of amides is 1. The third kappa shape index (κ3) is 4.26. The van der Waals surface area contributed by atoms with Gasteiger partial charge in [-0.05, 0) is 24.6 Å². The molecule has 0 fully saturated rings. The Kier molecular flexibility index (Phi) is 5.36. The van der Waals surface area contributed by atoms with E-state index in [-0.39, 0.29) is 18.0 Å². The molecule has 0 aliphatic carbocycles. The molecule has 150 valence electrons. The number of carbonyl (C=O) groups excluding carboxylic acids is 1. The van der Waals surface area contributed by atoms with E-state index >= 15 is 0 Å². The van der Waals surface area contributed by atoms with Gasteiger partial charge < -0.3 is 5.32 Å². The van der Waals surface area contributed by atoms with E-state index in [2.05, 4.69) is 15.4 Å². The van der Waals surface area contributed by atoms with Crippen molar-refractivity contribution in [3.63, 3.8) is 0 Å². The molecule has 8 nitrogen and oxygen atoms in total. The molecule has 4 aromatic rings. The Morgan fingerprint density at radius 1 is 1.23 bits per heavy atom. The van der Waals surface area contributed by atoms with Gasteiger partial charge in [-0.2, -0.15) is 5.10 Å². The van der Waals surface area contributed by atoms with Crippen molar-refractivity contribution in [2.24, 2.45) is 0 Å². The van der Waals surface area contributed by atoms with Crippen molar-refractivity contribution in [2.45, 2.75) is 13.3 Å². The molecule has 0 bridgehead atoms. The van der Waals surface area contributed by atoms with Gasteiger partial charge in [-0.1, -0.05) is 30.3 Å². The van der Waals surface area contributed by atoms with Gasteiger partial charge in [0.25, 0.3) is 5.69 Å². The predicted octanol–water partition coefficient (Wildman–Crippen LogP) is 4.39. The van der Waals surface area contributed by atoms with Gasteiger partial charge in [0.05, 0.1) is 28.9 Å². The molecule has 0 aliphatic rings. The fourth-order valence-corrected chi connectivity index (χ4v) is 3.69. The van der Waals surface area contributed by atoms with Crippen molar-refractivity contribution in [2.75, 3.05) is 5.32 Å². The van der Waals surface area contributed by atoms with Gasteiger partial charge in [-0.15, -0.1) is 11.3 Å². The summed E-state index contributed by atoms with van der Waals surface area (Å²) in [5, 5.41) is 20.4. The molecule has 0 radical (unpaired) electrons. The molecule has 0 atom stereocenters. The van der Waals surface area contributed by atoms with E-state index in [1.807, 2.05) is 36.5 Å². The van der Waals surface area contributed by atoms with Crippen LogP contribution < -0.4 is 5.32 Å². The Morgan fingerprint density at radius 3 is 2.80 bits per heavy atom. The molecule has 0 saturated heterocycles. The molecule has 9 heteroatoms. The number of aromatic nitrogens is 3. The largest absolute Gasteiger partial charge is 0.302 e. The van der Waals surface area contributed by atoms with E-state index in [0.29, 0.717) is 22.0 Å². The first kappa shape index (κ1) is 19.5. The molecule has 30 heavy (non-hydrogen) atoms. The van der Waals surface area contributed by atoms with E-state index in [1.54, 1.807) is 35.3 Å². The topological polar surface area (TPSA) is 103 Å². The van der Waals surface area contributed by atoms with Crippen molar-refractivity contribution < 1.29 is 9.72 Å². The average Bonchev–Trinajstić information content (AvgIpc) is 3.38. The van der Waals surface area contributed by atoms with Gasteiger partial charge in [0.15, 0.2) is 5.13 Å². The van der Waals surface area contributed by atoms with Crippen LogP contribution in [0.3, 0.4) is 0 Å². The molecule has 0 spiro atoms. The maximum atomic E-state index is 12.4. The molecule has 0 saturated carbocycles. The van der Waals surface area contributed by atoms with Gasteiger partial charge in [0.1, 0.15) is 0 Å². The van der Waals surface area contributed by atoms with Crippen molar-refractivity contribution in [3.8, 4) is 16.9 Å². The second-order valence-corrected chi connectivity index (χ2v) is 7.51. The maximum Gasteiger partial charge on any atom is 0.272 e. The number of benzene rings is 2. The lowest BCUT2D eigenvalue weighted by atomic mass is 10.1. The van der Waals surface area contributed by atoms with Gasteiger partial charge in [0, 0.05) is 28.8 Å². The van der Waals surface area contributed by atoms with E-state index in [0.717, 1.165) is 11.3 Å². The highest BCUT2D eigenvalue weighted by Crippen LogP contribution is 2.29. The van der Waals surface area contributed by atoms with E-state index in [1.165, 1.54) is 17.4 Å². The van der Waals surface area contributed by atoms with Crippen LogP contribution in [0, 0.1) is 17.0 Å². The zero-order valence-electron chi connectivity index (χ0n) is 16.0. The molecular weight excluding hydrogens is 402 g/mol. The molecule has 2 heterocycles. The lowest BCUT2D eigenvalue weighted by Gasteiger charge is -2.01. The Hall–Kier alpha value is -3.85. The number of nitrogens with zero attached hydrogens (tertiary/aromatic N) is 4. The van der Waals surface area contributed by atoms with Gasteiger partial charge in [0.2, 0.25) is 5.91 Å². The monoisotopic (exact) mass is 419 g/mol. The standard InChI is InChI=1S/C21H17N5O3S/c1-14-7-8-16(10-19(14)26(28)29)18-13-30-21(23-18)24-20(27)9-15-11-22-25(12-15)17-5-3-2-4-6-17/h2-8,10-13H,9H2,1H3,(H,23,24,27). The van der Waals surface area contributed by atoms with Crippen LogP contribution in [0.4, 0.5) is 10.8 Å². The summed E-state index contributed by atoms with van der Waals surface area (Å²) in [6, 6.07) is 14.6. The summed E-state index contributed by atoms with van der Waals surface area (Å²) in [6.07, 6.45) is 3.64. The summed E-state index contributed by atoms with van der Waals surface area (Å²) in [7, 11) is 0. The third-order valence-corrected chi connectivity index (χ3v) is 5.23. The average molecular weight is 419 g/mol. The maximum absolute atomic E-state index is 12.4. The summed E-state index contributed by atoms with van der Waals surface area (Å²) < 4.78 is 1.72. The van der Waals surface area contributed by atoms with Gasteiger partial charge >= 0.3 is 0 Å². The molecule has 4 rings (SSSR count). The first-order valence-corrected chi connectivity index (χ1v) is 9.97. The zero-order valence-corrected chi connectivity index (χ0v) is 16.8. The van der Waals surface area contributed by atoms with Crippen LogP contribution in [-0.2, 0) is 11.2 Å². The van der Waals surface area contributed by atoms with Crippen LogP contribution in [0.5, 0.6) is 0 Å². The molecular formula is C21H17N5O3S. The summed E-state index contributed by atoms with van der Waals surface area (Å²) in [6.45, 7) is 1.69. The van der Waals surface area contributed by atoms with E-state index in [9.17, 15) is 14.9 Å². The fourth-order valence-electron chi connectivity index (χ4n) is 2.95. The van der Waals surface area contributed by atoms with Crippen LogP contribution in [-0.4, -0.2) is 25.6 Å². The minimum atomic E-state index is -0.413. The molecule has 2 aromatic carbocycles. The molecule has 0 unspecified atom stereocenters. The lowest BCUT2D eigenvalue weighted by Crippen LogP contribution is -2.13. The number of carbonyl (C=O) groups is 1. The first-order chi connectivity index (χ1) is 14.5. The van der Waals surface area contributed by atoms with Crippen molar-refractivity contribution in [3.05, 3.63) is 87.5 Å². The molecule has 1 N–H and O–H groups in total. The number of para-hydroxylation sites is 1. The smallest absolute Gasteiger partial charge is 0.272 e. The van der Waals surface area contributed by atoms with Gasteiger partial charge in [-0.25, -0.2) is 9.67 Å². The number of aryl methyl sites for hydroxylation is 1. The highest BCUT2D eigenvalue weighted by Gasteiger charge is 2.15. The predicted molar refractivity (Wildman–Crippen MR) is 115 cm³/mol. The molecule has 1 amide bonds. The van der Waals surface area contributed by atoms with E-state index in [4.69, 9.17) is 0 Å². The van der Waals surface area contributed by atoms with Crippen LogP contribution in [0.2, 0.25) is 0 Å². The minimum absolute atomic E-state index is 0.0431. The summed E-state index contributed by atoms with van der Waals surface area (Å²) in [4.78, 5) is 27.5. The Labute approximate surface area is 176 Å².